The van der Waals surface area contributed by atoms with Crippen LogP contribution in [0.2, 0.25) is 0 Å². The second kappa shape index (κ2) is 5.66. The maximum Gasteiger partial charge on any atom is 0.124 e. The molecule has 0 saturated heterocycles. The van der Waals surface area contributed by atoms with E-state index in [1.54, 1.807) is 29.2 Å². The molecule has 0 saturated carbocycles. The Bertz CT molecular complexity index is 473. The Kier molecular flexibility index (Phi) is 4.21. The van der Waals surface area contributed by atoms with Gasteiger partial charge in [0.2, 0.25) is 0 Å². The summed E-state index contributed by atoms with van der Waals surface area (Å²) in [7, 11) is 0. The highest BCUT2D eigenvalue weighted by atomic mass is 35.5. The predicted octanol–water partition coefficient (Wildman–Crippen LogP) is 4.31. The summed E-state index contributed by atoms with van der Waals surface area (Å²) in [5, 5.41) is 2.97. The standard InChI is InChI=1S/C11H9ClFNS2/c12-5-9-6-16-11(14-9)7-15-10-3-1-2-8(13)4-10/h1-4,6H,5,7H2. The van der Waals surface area contributed by atoms with Gasteiger partial charge in [0.25, 0.3) is 0 Å². The highest BCUT2D eigenvalue weighted by Crippen LogP contribution is 2.25. The number of alkyl halides is 1. The third-order valence-electron chi connectivity index (χ3n) is 1.89. The maximum absolute atomic E-state index is 12.9. The summed E-state index contributed by atoms with van der Waals surface area (Å²) >= 11 is 8.83. The average molecular weight is 274 g/mol. The molecule has 1 nitrogen and oxygen atoms in total. The van der Waals surface area contributed by atoms with Gasteiger partial charge in [0.1, 0.15) is 10.8 Å². The molecule has 0 aliphatic carbocycles. The van der Waals surface area contributed by atoms with E-state index in [9.17, 15) is 4.39 Å². The lowest BCUT2D eigenvalue weighted by Crippen LogP contribution is -1.82. The fraction of sp³-hybridized carbons (Fsp3) is 0.182. The topological polar surface area (TPSA) is 12.9 Å². The molecule has 2 aromatic rings. The van der Waals surface area contributed by atoms with Crippen LogP contribution in [0.1, 0.15) is 10.7 Å². The van der Waals surface area contributed by atoms with Crippen LogP contribution in [0.15, 0.2) is 34.5 Å². The van der Waals surface area contributed by atoms with Crippen molar-refractivity contribution in [1.82, 2.24) is 4.98 Å². The van der Waals surface area contributed by atoms with Gasteiger partial charge in [-0.3, -0.25) is 0 Å². The second-order valence-corrected chi connectivity index (χ2v) is 5.37. The Balaban J connectivity index is 1.96. The van der Waals surface area contributed by atoms with Crippen molar-refractivity contribution in [2.24, 2.45) is 0 Å². The van der Waals surface area contributed by atoms with E-state index in [0.717, 1.165) is 21.3 Å². The van der Waals surface area contributed by atoms with Crippen LogP contribution >= 0.6 is 34.7 Å². The van der Waals surface area contributed by atoms with Gasteiger partial charge in [0, 0.05) is 10.3 Å². The highest BCUT2D eigenvalue weighted by Gasteiger charge is 2.02. The van der Waals surface area contributed by atoms with Gasteiger partial charge in [0.15, 0.2) is 0 Å². The summed E-state index contributed by atoms with van der Waals surface area (Å²) in [6.45, 7) is 0. The van der Waals surface area contributed by atoms with Crippen molar-refractivity contribution in [3.05, 3.63) is 46.2 Å². The molecule has 0 N–H and O–H groups in total. The summed E-state index contributed by atoms with van der Waals surface area (Å²) in [6.07, 6.45) is 0. The molecule has 0 aliphatic rings. The van der Waals surface area contributed by atoms with Gasteiger partial charge >= 0.3 is 0 Å². The van der Waals surface area contributed by atoms with Crippen LogP contribution in [0.5, 0.6) is 0 Å². The van der Waals surface area contributed by atoms with Crippen LogP contribution in [-0.4, -0.2) is 4.98 Å². The molecular formula is C11H9ClFNS2. The van der Waals surface area contributed by atoms with Crippen LogP contribution in [0.4, 0.5) is 4.39 Å². The molecule has 84 valence electrons. The maximum atomic E-state index is 12.9. The van der Waals surface area contributed by atoms with E-state index in [-0.39, 0.29) is 5.82 Å². The molecule has 1 aromatic heterocycles. The van der Waals surface area contributed by atoms with E-state index in [1.807, 2.05) is 11.4 Å². The lowest BCUT2D eigenvalue weighted by Gasteiger charge is -1.98. The fourth-order valence-corrected chi connectivity index (χ4v) is 3.16. The minimum atomic E-state index is -0.203. The Hall–Kier alpha value is -0.580. The van der Waals surface area contributed by atoms with Gasteiger partial charge < -0.3 is 0 Å². The first-order chi connectivity index (χ1) is 7.78. The molecule has 1 aromatic carbocycles. The smallest absolute Gasteiger partial charge is 0.124 e. The molecule has 0 spiro atoms. The Morgan fingerprint density at radius 2 is 2.31 bits per heavy atom. The van der Waals surface area contributed by atoms with Crippen molar-refractivity contribution >= 4 is 34.7 Å². The number of thioether (sulfide) groups is 1. The zero-order valence-corrected chi connectivity index (χ0v) is 10.7. The van der Waals surface area contributed by atoms with Crippen molar-refractivity contribution < 1.29 is 4.39 Å². The highest BCUT2D eigenvalue weighted by molar-refractivity contribution is 7.98. The van der Waals surface area contributed by atoms with Gasteiger partial charge in [0.05, 0.1) is 17.3 Å². The molecule has 0 amide bonds. The van der Waals surface area contributed by atoms with E-state index >= 15 is 0 Å². The van der Waals surface area contributed by atoms with Crippen molar-refractivity contribution in [1.29, 1.82) is 0 Å². The monoisotopic (exact) mass is 273 g/mol. The first kappa shape index (κ1) is 11.9. The Morgan fingerprint density at radius 1 is 1.44 bits per heavy atom. The number of halogens is 2. The number of benzene rings is 1. The van der Waals surface area contributed by atoms with Crippen LogP contribution < -0.4 is 0 Å². The SMILES string of the molecule is Fc1cccc(SCc2nc(CCl)cs2)c1. The lowest BCUT2D eigenvalue weighted by atomic mass is 10.4. The van der Waals surface area contributed by atoms with Crippen LogP contribution in [-0.2, 0) is 11.6 Å². The number of nitrogens with zero attached hydrogens (tertiary/aromatic N) is 1. The predicted molar refractivity (Wildman–Crippen MR) is 67.6 cm³/mol. The summed E-state index contributed by atoms with van der Waals surface area (Å²) in [4.78, 5) is 5.26. The average Bonchev–Trinajstić information content (AvgIpc) is 2.74. The lowest BCUT2D eigenvalue weighted by molar-refractivity contribution is 0.624. The molecule has 0 atom stereocenters. The number of hydrogen-bond acceptors (Lipinski definition) is 3. The summed E-state index contributed by atoms with van der Waals surface area (Å²) in [6, 6.07) is 6.58. The zero-order chi connectivity index (χ0) is 11.4. The van der Waals surface area contributed by atoms with Crippen molar-refractivity contribution in [2.75, 3.05) is 0 Å². The van der Waals surface area contributed by atoms with Crippen LogP contribution in [0.3, 0.4) is 0 Å². The van der Waals surface area contributed by atoms with Crippen molar-refractivity contribution in [3.8, 4) is 0 Å². The molecule has 0 aliphatic heterocycles. The molecule has 0 bridgehead atoms. The van der Waals surface area contributed by atoms with Crippen LogP contribution in [0.25, 0.3) is 0 Å². The molecular weight excluding hydrogens is 265 g/mol. The summed E-state index contributed by atoms with van der Waals surface area (Å²) in [5.41, 5.74) is 0.904. The van der Waals surface area contributed by atoms with Crippen molar-refractivity contribution in [3.63, 3.8) is 0 Å². The molecule has 16 heavy (non-hydrogen) atoms. The first-order valence-corrected chi connectivity index (χ1v) is 7.05. The van der Waals surface area contributed by atoms with E-state index in [0.29, 0.717) is 5.88 Å². The Morgan fingerprint density at radius 3 is 3.00 bits per heavy atom. The van der Waals surface area contributed by atoms with Gasteiger partial charge in [-0.15, -0.1) is 34.7 Å². The quantitative estimate of drug-likeness (QED) is 0.608. The molecule has 1 heterocycles. The number of rotatable bonds is 4. The molecule has 0 radical (unpaired) electrons. The minimum Gasteiger partial charge on any atom is -0.244 e. The summed E-state index contributed by atoms with van der Waals surface area (Å²) < 4.78 is 12.9. The van der Waals surface area contributed by atoms with E-state index in [1.165, 1.54) is 12.1 Å². The first-order valence-electron chi connectivity index (χ1n) is 4.65. The third kappa shape index (κ3) is 3.20. The Labute approximate surface area is 107 Å². The van der Waals surface area contributed by atoms with Gasteiger partial charge in [-0.25, -0.2) is 9.37 Å². The van der Waals surface area contributed by atoms with Crippen LogP contribution in [0, 0.1) is 5.82 Å². The van der Waals surface area contributed by atoms with E-state index in [2.05, 4.69) is 4.98 Å². The van der Waals surface area contributed by atoms with E-state index in [4.69, 9.17) is 11.6 Å². The number of aromatic nitrogens is 1. The largest absolute Gasteiger partial charge is 0.244 e. The minimum absolute atomic E-state index is 0.203. The van der Waals surface area contributed by atoms with Gasteiger partial charge in [-0.1, -0.05) is 6.07 Å². The van der Waals surface area contributed by atoms with E-state index < -0.39 is 0 Å². The molecule has 0 unspecified atom stereocenters. The van der Waals surface area contributed by atoms with Gasteiger partial charge in [-0.2, -0.15) is 0 Å². The molecule has 2 rings (SSSR count). The molecule has 0 fully saturated rings. The number of hydrogen-bond donors (Lipinski definition) is 0. The normalized spacial score (nSPS) is 10.6. The third-order valence-corrected chi connectivity index (χ3v) is 4.25. The van der Waals surface area contributed by atoms with Crippen molar-refractivity contribution in [2.45, 2.75) is 16.5 Å². The fourth-order valence-electron chi connectivity index (χ4n) is 1.18. The second-order valence-electron chi connectivity index (χ2n) is 3.11. The molecule has 5 heteroatoms. The number of thiazole rings is 1. The summed E-state index contributed by atoms with van der Waals surface area (Å²) in [5.74, 6) is 0.997. The zero-order valence-electron chi connectivity index (χ0n) is 8.32. The van der Waals surface area contributed by atoms with Gasteiger partial charge in [-0.05, 0) is 18.2 Å².